The molecule has 0 unspecified atom stereocenters. The molecule has 24 heavy (non-hydrogen) atoms. The van der Waals surface area contributed by atoms with Crippen molar-refractivity contribution in [2.24, 2.45) is 11.8 Å². The zero-order valence-electron chi connectivity index (χ0n) is 13.8. The number of nitrogens with zero attached hydrogens (tertiary/aromatic N) is 3. The lowest BCUT2D eigenvalue weighted by atomic mass is 9.92. The van der Waals surface area contributed by atoms with Crippen molar-refractivity contribution >= 4 is 22.7 Å². The molecule has 2 atom stereocenters. The quantitative estimate of drug-likeness (QED) is 0.913. The molecule has 1 aliphatic rings. The third kappa shape index (κ3) is 3.02. The van der Waals surface area contributed by atoms with E-state index in [1.54, 1.807) is 4.90 Å². The average molecular weight is 324 g/mol. The van der Waals surface area contributed by atoms with Crippen LogP contribution in [0.4, 0.5) is 0 Å². The molecular formula is C18H20N4O2. The van der Waals surface area contributed by atoms with Gasteiger partial charge in [0.1, 0.15) is 5.82 Å². The summed E-state index contributed by atoms with van der Waals surface area (Å²) in [5.74, 6) is -0.925. The third-order valence-electron chi connectivity index (χ3n) is 4.30. The largest absolute Gasteiger partial charge is 0.342 e. The number of imidazole rings is 1. The minimum atomic E-state index is -0.964. The Morgan fingerprint density at radius 2 is 2.21 bits per heavy atom. The van der Waals surface area contributed by atoms with Crippen molar-refractivity contribution in [3.05, 3.63) is 30.1 Å². The first-order chi connectivity index (χ1) is 11.5. The number of carbonyl (C=O) groups is 2. The fraction of sp³-hybridized carbons (Fsp3) is 0.444. The molecule has 1 N–H and O–H groups in total. The predicted octanol–water partition coefficient (Wildman–Crippen LogP) is 2.24. The van der Waals surface area contributed by atoms with Gasteiger partial charge in [0.2, 0.25) is 5.91 Å². The molecule has 124 valence electrons. The average Bonchev–Trinajstić information content (AvgIpc) is 3.11. The van der Waals surface area contributed by atoms with Gasteiger partial charge in [0.15, 0.2) is 11.7 Å². The lowest BCUT2D eigenvalue weighted by molar-refractivity contribution is -0.129. The van der Waals surface area contributed by atoms with Crippen molar-refractivity contribution in [3.8, 4) is 6.07 Å². The second kappa shape index (κ2) is 6.44. The number of hydrogen-bond acceptors (Lipinski definition) is 4. The van der Waals surface area contributed by atoms with Gasteiger partial charge in [-0.25, -0.2) is 4.98 Å². The van der Waals surface area contributed by atoms with Gasteiger partial charge < -0.3 is 9.88 Å². The van der Waals surface area contributed by atoms with Crippen LogP contribution in [0.5, 0.6) is 0 Å². The van der Waals surface area contributed by atoms with Crippen LogP contribution in [0, 0.1) is 23.2 Å². The smallest absolute Gasteiger partial charge is 0.223 e. The van der Waals surface area contributed by atoms with E-state index in [2.05, 4.69) is 16.0 Å². The number of Topliss-reactive ketones (excluding diaryl/α,β-unsaturated/α-hetero) is 1. The van der Waals surface area contributed by atoms with Gasteiger partial charge in [-0.05, 0) is 18.1 Å². The molecule has 0 bridgehead atoms. The monoisotopic (exact) mass is 324 g/mol. The van der Waals surface area contributed by atoms with Crippen molar-refractivity contribution in [2.75, 3.05) is 13.1 Å². The number of benzene rings is 1. The number of para-hydroxylation sites is 2. The summed E-state index contributed by atoms with van der Waals surface area (Å²) in [5.41, 5.74) is 1.52. The number of nitrogens with one attached hydrogen (secondary N) is 1. The number of aromatic nitrogens is 2. The maximum atomic E-state index is 12.8. The molecule has 0 spiro atoms. The number of likely N-dealkylation sites (tertiary alicyclic amines) is 1. The van der Waals surface area contributed by atoms with E-state index in [1.807, 2.05) is 38.1 Å². The molecule has 6 heteroatoms. The second-order valence-corrected chi connectivity index (χ2v) is 6.70. The van der Waals surface area contributed by atoms with Crippen LogP contribution in [0.2, 0.25) is 0 Å². The molecule has 2 heterocycles. The zero-order valence-corrected chi connectivity index (χ0v) is 13.8. The van der Waals surface area contributed by atoms with Crippen molar-refractivity contribution < 1.29 is 9.59 Å². The first-order valence-corrected chi connectivity index (χ1v) is 8.15. The number of ketones is 1. The summed E-state index contributed by atoms with van der Waals surface area (Å²) >= 11 is 0. The van der Waals surface area contributed by atoms with Crippen LogP contribution in [0.1, 0.15) is 32.0 Å². The van der Waals surface area contributed by atoms with Crippen LogP contribution < -0.4 is 0 Å². The predicted molar refractivity (Wildman–Crippen MR) is 89.0 cm³/mol. The number of hydrogen-bond donors (Lipinski definition) is 1. The summed E-state index contributed by atoms with van der Waals surface area (Å²) < 4.78 is 0. The van der Waals surface area contributed by atoms with Gasteiger partial charge in [-0.15, -0.1) is 0 Å². The molecule has 0 saturated carbocycles. The molecule has 1 amide bonds. The molecule has 3 rings (SSSR count). The highest BCUT2D eigenvalue weighted by Gasteiger charge is 2.38. The Hall–Kier alpha value is -2.68. The minimum Gasteiger partial charge on any atom is -0.342 e. The molecule has 2 aromatic rings. The molecule has 0 radical (unpaired) electrons. The van der Waals surface area contributed by atoms with E-state index >= 15 is 0 Å². The number of fused-ring (bicyclic) bond motifs is 1. The molecule has 6 nitrogen and oxygen atoms in total. The van der Waals surface area contributed by atoms with E-state index in [-0.39, 0.29) is 18.1 Å². The lowest BCUT2D eigenvalue weighted by Gasteiger charge is -2.18. The van der Waals surface area contributed by atoms with Crippen molar-refractivity contribution in [1.29, 1.82) is 5.26 Å². The number of amides is 1. The van der Waals surface area contributed by atoms with Gasteiger partial charge in [0.25, 0.3) is 0 Å². The molecular weight excluding hydrogens is 304 g/mol. The van der Waals surface area contributed by atoms with Crippen LogP contribution in [0.15, 0.2) is 24.3 Å². The Bertz CT molecular complexity index is 785. The summed E-state index contributed by atoms with van der Waals surface area (Å²) in [4.78, 5) is 34.0. The summed E-state index contributed by atoms with van der Waals surface area (Å²) in [6, 6.07) is 9.46. The highest BCUT2D eigenvalue weighted by atomic mass is 16.2. The number of rotatable bonds is 5. The fourth-order valence-electron chi connectivity index (χ4n) is 3.18. The maximum absolute atomic E-state index is 12.8. The first kappa shape index (κ1) is 16.2. The van der Waals surface area contributed by atoms with Gasteiger partial charge in [0, 0.05) is 25.4 Å². The maximum Gasteiger partial charge on any atom is 0.223 e. The summed E-state index contributed by atoms with van der Waals surface area (Å²) in [7, 11) is 0. The summed E-state index contributed by atoms with van der Waals surface area (Å²) in [6.45, 7) is 5.11. The fourth-order valence-corrected chi connectivity index (χ4v) is 3.18. The molecule has 1 aromatic heterocycles. The van der Waals surface area contributed by atoms with Crippen LogP contribution in [-0.2, 0) is 9.59 Å². The molecule has 1 saturated heterocycles. The highest BCUT2D eigenvalue weighted by Crippen LogP contribution is 2.27. The molecule has 0 aliphatic carbocycles. The third-order valence-corrected chi connectivity index (χ3v) is 4.30. The Labute approximate surface area is 140 Å². The highest BCUT2D eigenvalue weighted by molar-refractivity contribution is 5.95. The Kier molecular flexibility index (Phi) is 4.34. The number of H-pyrrole nitrogens is 1. The van der Waals surface area contributed by atoms with Crippen LogP contribution in [-0.4, -0.2) is 39.6 Å². The lowest BCUT2D eigenvalue weighted by Crippen LogP contribution is -2.30. The SMILES string of the molecule is CC(C)CN1C[C@@H](C(=O)[C@H](C#N)c2nc3ccccc3[nH]2)CC1=O. The van der Waals surface area contributed by atoms with E-state index in [1.165, 1.54) is 0 Å². The van der Waals surface area contributed by atoms with E-state index < -0.39 is 11.8 Å². The molecule has 1 aromatic carbocycles. The van der Waals surface area contributed by atoms with Gasteiger partial charge in [-0.3, -0.25) is 9.59 Å². The molecule has 1 aliphatic heterocycles. The zero-order chi connectivity index (χ0) is 17.3. The Morgan fingerprint density at radius 3 is 2.88 bits per heavy atom. The van der Waals surface area contributed by atoms with E-state index in [0.29, 0.717) is 24.8 Å². The minimum absolute atomic E-state index is 0.0108. The van der Waals surface area contributed by atoms with Gasteiger partial charge in [0.05, 0.1) is 17.1 Å². The Balaban J connectivity index is 1.80. The van der Waals surface area contributed by atoms with Crippen molar-refractivity contribution in [1.82, 2.24) is 14.9 Å². The van der Waals surface area contributed by atoms with Crippen LogP contribution >= 0.6 is 0 Å². The number of aromatic amines is 1. The second-order valence-electron chi connectivity index (χ2n) is 6.70. The van der Waals surface area contributed by atoms with E-state index in [4.69, 9.17) is 0 Å². The number of nitriles is 1. The molecule has 1 fully saturated rings. The van der Waals surface area contributed by atoms with Gasteiger partial charge in [-0.2, -0.15) is 5.26 Å². The van der Waals surface area contributed by atoms with Gasteiger partial charge >= 0.3 is 0 Å². The number of carbonyl (C=O) groups excluding carboxylic acids is 2. The summed E-state index contributed by atoms with van der Waals surface area (Å²) in [6.07, 6.45) is 0.184. The first-order valence-electron chi connectivity index (χ1n) is 8.15. The normalized spacial score (nSPS) is 19.0. The topological polar surface area (TPSA) is 89.8 Å². The summed E-state index contributed by atoms with van der Waals surface area (Å²) in [5, 5.41) is 9.48. The van der Waals surface area contributed by atoms with Gasteiger partial charge in [-0.1, -0.05) is 26.0 Å². The van der Waals surface area contributed by atoms with Crippen LogP contribution in [0.3, 0.4) is 0 Å². The van der Waals surface area contributed by atoms with E-state index in [9.17, 15) is 14.9 Å². The van der Waals surface area contributed by atoms with E-state index in [0.717, 1.165) is 11.0 Å². The van der Waals surface area contributed by atoms with Crippen molar-refractivity contribution in [3.63, 3.8) is 0 Å². The van der Waals surface area contributed by atoms with Crippen molar-refractivity contribution in [2.45, 2.75) is 26.2 Å². The Morgan fingerprint density at radius 1 is 1.46 bits per heavy atom. The standard InChI is InChI=1S/C18H20N4O2/c1-11(2)9-22-10-12(7-16(22)23)17(24)13(8-19)18-20-14-5-3-4-6-15(14)21-18/h3-6,11-13H,7,9-10H2,1-2H3,(H,20,21)/t12-,13-/m0/s1. The van der Waals surface area contributed by atoms with Crippen LogP contribution in [0.25, 0.3) is 11.0 Å².